The molecule has 1 fully saturated rings. The zero-order valence-electron chi connectivity index (χ0n) is 12.5. The van der Waals surface area contributed by atoms with Gasteiger partial charge in [-0.25, -0.2) is 0 Å². The highest BCUT2D eigenvalue weighted by molar-refractivity contribution is 5.85. The zero-order chi connectivity index (χ0) is 12.9. The maximum Gasteiger partial charge on any atom is 0.220 e. The van der Waals surface area contributed by atoms with Crippen molar-refractivity contribution in [1.29, 1.82) is 0 Å². The molecule has 2 N–H and O–H groups in total. The Morgan fingerprint density at radius 2 is 2.00 bits per heavy atom. The third-order valence-electron chi connectivity index (χ3n) is 3.87. The van der Waals surface area contributed by atoms with Gasteiger partial charge in [0.15, 0.2) is 0 Å². The molecule has 116 valence electrons. The van der Waals surface area contributed by atoms with Crippen LogP contribution in [0.15, 0.2) is 0 Å². The van der Waals surface area contributed by atoms with E-state index in [0.29, 0.717) is 18.9 Å². The number of likely N-dealkylation sites (N-methyl/N-ethyl adjacent to an activating group) is 1. The van der Waals surface area contributed by atoms with Gasteiger partial charge in [0.25, 0.3) is 0 Å². The maximum absolute atomic E-state index is 11.7. The number of hydrogen-bond donors (Lipinski definition) is 2. The Kier molecular flexibility index (Phi) is 11.0. The maximum atomic E-state index is 11.7. The number of carbonyl (C=O) groups is 1. The van der Waals surface area contributed by atoms with E-state index < -0.39 is 0 Å². The summed E-state index contributed by atoms with van der Waals surface area (Å²) in [6.45, 7) is 7.17. The van der Waals surface area contributed by atoms with Crippen LogP contribution in [0.25, 0.3) is 0 Å². The zero-order valence-corrected chi connectivity index (χ0v) is 14.1. The smallest absolute Gasteiger partial charge is 0.220 e. The SMILES string of the molecule is CN(C)C(C)(C)CNC(=O)CCC1CCNC1.Cl.Cl. The van der Waals surface area contributed by atoms with E-state index in [2.05, 4.69) is 29.4 Å². The van der Waals surface area contributed by atoms with E-state index in [9.17, 15) is 4.79 Å². The van der Waals surface area contributed by atoms with Gasteiger partial charge in [-0.15, -0.1) is 24.8 Å². The molecule has 0 aromatic heterocycles. The third kappa shape index (κ3) is 7.98. The highest BCUT2D eigenvalue weighted by atomic mass is 35.5. The van der Waals surface area contributed by atoms with Crippen LogP contribution in [0.2, 0.25) is 0 Å². The van der Waals surface area contributed by atoms with Gasteiger partial charge in [0, 0.05) is 18.5 Å². The standard InChI is InChI=1S/C13H27N3O.2ClH/c1-13(2,16(3)4)10-15-12(17)6-5-11-7-8-14-9-11;;/h11,14H,5-10H2,1-4H3,(H,15,17);2*1H. The first kappa shape index (κ1) is 21.3. The lowest BCUT2D eigenvalue weighted by molar-refractivity contribution is -0.121. The van der Waals surface area contributed by atoms with Crippen LogP contribution in [0.1, 0.15) is 33.1 Å². The monoisotopic (exact) mass is 313 g/mol. The molecule has 0 spiro atoms. The van der Waals surface area contributed by atoms with E-state index in [1.807, 2.05) is 14.1 Å². The van der Waals surface area contributed by atoms with Crippen molar-refractivity contribution in [3.05, 3.63) is 0 Å². The summed E-state index contributed by atoms with van der Waals surface area (Å²) in [6.07, 6.45) is 2.90. The highest BCUT2D eigenvalue weighted by Gasteiger charge is 2.21. The van der Waals surface area contributed by atoms with Crippen LogP contribution in [-0.2, 0) is 4.79 Å². The number of hydrogen-bond acceptors (Lipinski definition) is 3. The summed E-state index contributed by atoms with van der Waals surface area (Å²) in [5, 5.41) is 6.36. The van der Waals surface area contributed by atoms with Crippen molar-refractivity contribution in [3.63, 3.8) is 0 Å². The summed E-state index contributed by atoms with van der Waals surface area (Å²) < 4.78 is 0. The quantitative estimate of drug-likeness (QED) is 0.784. The van der Waals surface area contributed by atoms with Crippen LogP contribution < -0.4 is 10.6 Å². The molecular formula is C13H29Cl2N3O. The van der Waals surface area contributed by atoms with E-state index >= 15 is 0 Å². The predicted molar refractivity (Wildman–Crippen MR) is 85.5 cm³/mol. The van der Waals surface area contributed by atoms with Crippen molar-refractivity contribution < 1.29 is 4.79 Å². The molecule has 19 heavy (non-hydrogen) atoms. The molecule has 0 aromatic carbocycles. The van der Waals surface area contributed by atoms with E-state index in [-0.39, 0.29) is 36.3 Å². The average Bonchev–Trinajstić information content (AvgIpc) is 2.76. The lowest BCUT2D eigenvalue weighted by Gasteiger charge is -2.32. The van der Waals surface area contributed by atoms with E-state index in [4.69, 9.17) is 0 Å². The molecule has 0 bridgehead atoms. The summed E-state index contributed by atoms with van der Waals surface area (Å²) in [7, 11) is 4.08. The molecule has 0 saturated carbocycles. The van der Waals surface area contributed by atoms with E-state index in [0.717, 1.165) is 19.5 Å². The van der Waals surface area contributed by atoms with Crippen LogP contribution in [0.5, 0.6) is 0 Å². The van der Waals surface area contributed by atoms with Gasteiger partial charge < -0.3 is 15.5 Å². The van der Waals surface area contributed by atoms with Crippen LogP contribution in [0, 0.1) is 5.92 Å². The molecule has 0 aromatic rings. The van der Waals surface area contributed by atoms with Crippen molar-refractivity contribution in [1.82, 2.24) is 15.5 Å². The molecule has 1 atom stereocenters. The molecular weight excluding hydrogens is 285 g/mol. The Balaban J connectivity index is 0. The van der Waals surface area contributed by atoms with Crippen molar-refractivity contribution in [3.8, 4) is 0 Å². The third-order valence-corrected chi connectivity index (χ3v) is 3.87. The van der Waals surface area contributed by atoms with Gasteiger partial charge in [-0.3, -0.25) is 4.79 Å². The van der Waals surface area contributed by atoms with E-state index in [1.54, 1.807) is 0 Å². The van der Waals surface area contributed by atoms with Gasteiger partial charge in [-0.05, 0) is 59.8 Å². The second kappa shape index (κ2) is 9.81. The first-order chi connectivity index (χ1) is 7.92. The molecule has 0 radical (unpaired) electrons. The van der Waals surface area contributed by atoms with Crippen molar-refractivity contribution in [2.75, 3.05) is 33.7 Å². The Labute approximate surface area is 129 Å². The predicted octanol–water partition coefficient (Wildman–Crippen LogP) is 1.68. The fourth-order valence-corrected chi connectivity index (χ4v) is 1.86. The average molecular weight is 314 g/mol. The molecule has 1 aliphatic rings. The summed E-state index contributed by atoms with van der Waals surface area (Å²) in [6, 6.07) is 0. The summed E-state index contributed by atoms with van der Waals surface area (Å²) in [5.74, 6) is 0.884. The molecule has 1 amide bonds. The Morgan fingerprint density at radius 1 is 1.37 bits per heavy atom. The minimum Gasteiger partial charge on any atom is -0.354 e. The molecule has 0 aliphatic carbocycles. The van der Waals surface area contributed by atoms with Crippen molar-refractivity contribution in [2.45, 2.75) is 38.6 Å². The second-order valence-electron chi connectivity index (χ2n) is 5.88. The van der Waals surface area contributed by atoms with Gasteiger partial charge in [0.05, 0.1) is 0 Å². The van der Waals surface area contributed by atoms with Crippen molar-refractivity contribution in [2.24, 2.45) is 5.92 Å². The molecule has 1 saturated heterocycles. The molecule has 1 unspecified atom stereocenters. The number of nitrogens with zero attached hydrogens (tertiary/aromatic N) is 1. The van der Waals surface area contributed by atoms with Crippen LogP contribution in [-0.4, -0.2) is 50.1 Å². The van der Waals surface area contributed by atoms with Gasteiger partial charge in [-0.1, -0.05) is 0 Å². The summed E-state index contributed by atoms with van der Waals surface area (Å²) in [5.41, 5.74) is 0.0184. The number of amides is 1. The molecule has 4 nitrogen and oxygen atoms in total. The lowest BCUT2D eigenvalue weighted by Crippen LogP contribution is -2.48. The van der Waals surface area contributed by atoms with Crippen LogP contribution in [0.4, 0.5) is 0 Å². The highest BCUT2D eigenvalue weighted by Crippen LogP contribution is 2.14. The Hall–Kier alpha value is -0.0300. The second-order valence-corrected chi connectivity index (χ2v) is 5.88. The minimum atomic E-state index is 0. The molecule has 1 heterocycles. The van der Waals surface area contributed by atoms with Gasteiger partial charge in [0.2, 0.25) is 5.91 Å². The lowest BCUT2D eigenvalue weighted by atomic mass is 10.0. The van der Waals surface area contributed by atoms with Gasteiger partial charge in [0.1, 0.15) is 0 Å². The number of halogens is 2. The fourth-order valence-electron chi connectivity index (χ4n) is 1.86. The first-order valence-electron chi connectivity index (χ1n) is 6.56. The minimum absolute atomic E-state index is 0. The van der Waals surface area contributed by atoms with Gasteiger partial charge in [-0.2, -0.15) is 0 Å². The van der Waals surface area contributed by atoms with Crippen LogP contribution >= 0.6 is 24.8 Å². The molecule has 1 rings (SSSR count). The normalized spacial score (nSPS) is 18.7. The largest absolute Gasteiger partial charge is 0.354 e. The fraction of sp³-hybridized carbons (Fsp3) is 0.923. The topological polar surface area (TPSA) is 44.4 Å². The van der Waals surface area contributed by atoms with Gasteiger partial charge >= 0.3 is 0 Å². The molecule has 1 aliphatic heterocycles. The molecule has 6 heteroatoms. The number of nitrogens with one attached hydrogen (secondary N) is 2. The van der Waals surface area contributed by atoms with E-state index in [1.165, 1.54) is 6.42 Å². The number of carbonyl (C=O) groups excluding carboxylic acids is 1. The number of rotatable bonds is 6. The Morgan fingerprint density at radius 3 is 2.47 bits per heavy atom. The summed E-state index contributed by atoms with van der Waals surface area (Å²) in [4.78, 5) is 13.9. The van der Waals surface area contributed by atoms with Crippen molar-refractivity contribution >= 4 is 30.7 Å². The summed E-state index contributed by atoms with van der Waals surface area (Å²) >= 11 is 0. The first-order valence-corrected chi connectivity index (χ1v) is 6.56. The Bertz CT molecular complexity index is 254. The van der Waals surface area contributed by atoms with Crippen LogP contribution in [0.3, 0.4) is 0 Å².